The highest BCUT2D eigenvalue weighted by Gasteiger charge is 2.23. The molecule has 7 nitrogen and oxygen atoms in total. The number of likely N-dealkylation sites (tertiary alicyclic amines) is 1. The van der Waals surface area contributed by atoms with Crippen molar-refractivity contribution in [1.29, 1.82) is 0 Å². The van der Waals surface area contributed by atoms with Crippen molar-refractivity contribution in [3.8, 4) is 11.4 Å². The van der Waals surface area contributed by atoms with Crippen LogP contribution in [0.5, 0.6) is 0 Å². The molecular formula is C24H28N6OS. The third-order valence-corrected chi connectivity index (χ3v) is 6.23. The van der Waals surface area contributed by atoms with Gasteiger partial charge in [-0.1, -0.05) is 24.3 Å². The van der Waals surface area contributed by atoms with Crippen LogP contribution in [0.25, 0.3) is 11.4 Å². The predicted octanol–water partition coefficient (Wildman–Crippen LogP) is 3.82. The van der Waals surface area contributed by atoms with Crippen LogP contribution in [0.15, 0.2) is 61.4 Å². The molecule has 32 heavy (non-hydrogen) atoms. The molecule has 1 N–H and O–H groups in total. The van der Waals surface area contributed by atoms with E-state index >= 15 is 0 Å². The first-order valence-corrected chi connectivity index (χ1v) is 11.3. The van der Waals surface area contributed by atoms with E-state index < -0.39 is 0 Å². The second-order valence-electron chi connectivity index (χ2n) is 8.07. The number of rotatable bonds is 7. The maximum Gasteiger partial charge on any atom is 0.251 e. The Morgan fingerprint density at radius 1 is 1.25 bits per heavy atom. The Bertz CT molecular complexity index is 1140. The monoisotopic (exact) mass is 448 g/mol. The molecular weight excluding hydrogens is 420 g/mol. The highest BCUT2D eigenvalue weighted by molar-refractivity contribution is 7.71. The van der Waals surface area contributed by atoms with E-state index in [0.29, 0.717) is 18.0 Å². The topological polar surface area (TPSA) is 68.0 Å². The summed E-state index contributed by atoms with van der Waals surface area (Å²) >= 11 is 5.70. The zero-order valence-corrected chi connectivity index (χ0v) is 19.1. The number of amides is 1. The van der Waals surface area contributed by atoms with Gasteiger partial charge in [-0.15, -0.1) is 6.58 Å². The SMILES string of the molecule is C=CCn1c(-c2cccnc2)nn(CN2CCC(NC(=O)c3ccccc3C)CC2)c1=S. The molecule has 3 aromatic rings. The van der Waals surface area contributed by atoms with Gasteiger partial charge in [0, 0.05) is 49.2 Å². The molecule has 3 heterocycles. The van der Waals surface area contributed by atoms with Crippen LogP contribution in [-0.2, 0) is 13.2 Å². The van der Waals surface area contributed by atoms with Crippen LogP contribution in [-0.4, -0.2) is 49.3 Å². The molecule has 1 aromatic carbocycles. The fourth-order valence-corrected chi connectivity index (χ4v) is 4.29. The zero-order valence-electron chi connectivity index (χ0n) is 18.3. The zero-order chi connectivity index (χ0) is 22.5. The van der Waals surface area contributed by atoms with Crippen LogP contribution in [0.3, 0.4) is 0 Å². The number of pyridine rings is 1. The lowest BCUT2D eigenvalue weighted by Gasteiger charge is -2.32. The summed E-state index contributed by atoms with van der Waals surface area (Å²) in [4.78, 5) is 19.2. The Balaban J connectivity index is 1.40. The number of carbonyl (C=O) groups is 1. The molecule has 1 saturated heterocycles. The third-order valence-electron chi connectivity index (χ3n) is 5.80. The van der Waals surface area contributed by atoms with Crippen molar-refractivity contribution < 1.29 is 4.79 Å². The Hall–Kier alpha value is -3.10. The van der Waals surface area contributed by atoms with Gasteiger partial charge in [0.25, 0.3) is 5.91 Å². The van der Waals surface area contributed by atoms with Crippen LogP contribution in [0.2, 0.25) is 0 Å². The summed E-state index contributed by atoms with van der Waals surface area (Å²) in [5, 5.41) is 7.98. The lowest BCUT2D eigenvalue weighted by Crippen LogP contribution is -2.45. The summed E-state index contributed by atoms with van der Waals surface area (Å²) in [7, 11) is 0. The number of aryl methyl sites for hydroxylation is 1. The van der Waals surface area contributed by atoms with Gasteiger partial charge >= 0.3 is 0 Å². The summed E-state index contributed by atoms with van der Waals surface area (Å²) in [6, 6.07) is 11.7. The molecule has 1 aliphatic rings. The van der Waals surface area contributed by atoms with Crippen molar-refractivity contribution in [2.24, 2.45) is 0 Å². The van der Waals surface area contributed by atoms with Gasteiger partial charge in [0.15, 0.2) is 10.6 Å². The van der Waals surface area contributed by atoms with Crippen molar-refractivity contribution in [3.05, 3.63) is 77.3 Å². The van der Waals surface area contributed by atoms with Crippen LogP contribution in [0, 0.1) is 11.7 Å². The molecule has 1 aliphatic heterocycles. The highest BCUT2D eigenvalue weighted by Crippen LogP contribution is 2.19. The van der Waals surface area contributed by atoms with Crippen molar-refractivity contribution in [3.63, 3.8) is 0 Å². The van der Waals surface area contributed by atoms with E-state index in [1.54, 1.807) is 12.4 Å². The second-order valence-corrected chi connectivity index (χ2v) is 8.43. The normalized spacial score (nSPS) is 14.9. The first kappa shape index (κ1) is 22.1. The van der Waals surface area contributed by atoms with Gasteiger partial charge in [0.05, 0.1) is 6.67 Å². The van der Waals surface area contributed by atoms with Gasteiger partial charge in [0.2, 0.25) is 0 Å². The van der Waals surface area contributed by atoms with Gasteiger partial charge in [-0.3, -0.25) is 19.2 Å². The Morgan fingerprint density at radius 3 is 2.72 bits per heavy atom. The molecule has 2 aromatic heterocycles. The van der Waals surface area contributed by atoms with Gasteiger partial charge in [-0.05, 0) is 55.7 Å². The van der Waals surface area contributed by atoms with Gasteiger partial charge in [-0.25, -0.2) is 4.68 Å². The minimum Gasteiger partial charge on any atom is -0.349 e. The second kappa shape index (κ2) is 10.0. The van der Waals surface area contributed by atoms with Crippen LogP contribution >= 0.6 is 12.2 Å². The number of hydrogen-bond donors (Lipinski definition) is 1. The fraction of sp³-hybridized carbons (Fsp3) is 0.333. The Labute approximate surface area is 193 Å². The number of hydrogen-bond acceptors (Lipinski definition) is 5. The summed E-state index contributed by atoms with van der Waals surface area (Å²) < 4.78 is 4.51. The molecule has 1 fully saturated rings. The van der Waals surface area contributed by atoms with Gasteiger partial charge in [0.1, 0.15) is 0 Å². The van der Waals surface area contributed by atoms with E-state index in [4.69, 9.17) is 17.3 Å². The number of aromatic nitrogens is 4. The number of benzene rings is 1. The number of carbonyl (C=O) groups excluding carboxylic acids is 1. The Kier molecular flexibility index (Phi) is 6.92. The largest absolute Gasteiger partial charge is 0.349 e. The molecule has 0 bridgehead atoms. The van der Waals surface area contributed by atoms with Gasteiger partial charge in [-0.2, -0.15) is 5.10 Å². The van der Waals surface area contributed by atoms with Crippen LogP contribution in [0.1, 0.15) is 28.8 Å². The van der Waals surface area contributed by atoms with E-state index in [9.17, 15) is 4.79 Å². The Morgan fingerprint density at radius 2 is 2.03 bits per heavy atom. The number of allylic oxidation sites excluding steroid dienone is 1. The molecule has 0 aliphatic carbocycles. The summed E-state index contributed by atoms with van der Waals surface area (Å²) in [5.74, 6) is 0.802. The molecule has 4 rings (SSSR count). The predicted molar refractivity (Wildman–Crippen MR) is 128 cm³/mol. The van der Waals surface area contributed by atoms with Crippen molar-refractivity contribution in [2.75, 3.05) is 13.1 Å². The maximum atomic E-state index is 12.6. The molecule has 1 amide bonds. The number of nitrogens with one attached hydrogen (secondary N) is 1. The molecule has 0 unspecified atom stereocenters. The van der Waals surface area contributed by atoms with E-state index in [-0.39, 0.29) is 11.9 Å². The smallest absolute Gasteiger partial charge is 0.251 e. The van der Waals surface area contributed by atoms with Gasteiger partial charge < -0.3 is 5.32 Å². The standard InChI is InChI=1S/C24H28N6OS/c1-3-13-29-22(19-8-6-12-25-16-19)27-30(24(29)32)17-28-14-10-20(11-15-28)26-23(31)21-9-5-4-7-18(21)2/h3-9,12,16,20H,1,10-11,13-15,17H2,2H3,(H,26,31). The summed E-state index contributed by atoms with van der Waals surface area (Å²) in [6.07, 6.45) is 7.16. The van der Waals surface area contributed by atoms with E-state index in [0.717, 1.165) is 48.4 Å². The molecule has 0 radical (unpaired) electrons. The summed E-state index contributed by atoms with van der Waals surface area (Å²) in [5.41, 5.74) is 2.67. The molecule has 8 heteroatoms. The van der Waals surface area contributed by atoms with Crippen LogP contribution < -0.4 is 5.32 Å². The quantitative estimate of drug-likeness (QED) is 0.440. The molecule has 166 valence electrons. The number of nitrogens with zero attached hydrogens (tertiary/aromatic N) is 5. The first-order valence-electron chi connectivity index (χ1n) is 10.8. The van der Waals surface area contributed by atoms with Crippen molar-refractivity contribution >= 4 is 18.1 Å². The molecule has 0 saturated carbocycles. The number of piperidine rings is 1. The average Bonchev–Trinajstić information content (AvgIpc) is 3.11. The minimum atomic E-state index is 0.00745. The lowest BCUT2D eigenvalue weighted by atomic mass is 10.0. The van der Waals surface area contributed by atoms with E-state index in [1.807, 2.05) is 58.6 Å². The van der Waals surface area contributed by atoms with E-state index in [2.05, 4.69) is 21.8 Å². The summed E-state index contributed by atoms with van der Waals surface area (Å²) in [6.45, 7) is 8.77. The van der Waals surface area contributed by atoms with Crippen LogP contribution in [0.4, 0.5) is 0 Å². The molecule has 0 spiro atoms. The molecule has 0 atom stereocenters. The lowest BCUT2D eigenvalue weighted by molar-refractivity contribution is 0.0895. The maximum absolute atomic E-state index is 12.6. The average molecular weight is 449 g/mol. The van der Waals surface area contributed by atoms with Crippen molar-refractivity contribution in [2.45, 2.75) is 39.0 Å². The van der Waals surface area contributed by atoms with Crippen molar-refractivity contribution in [1.82, 2.24) is 29.5 Å². The van der Waals surface area contributed by atoms with E-state index in [1.165, 1.54) is 0 Å². The first-order chi connectivity index (χ1) is 15.6. The minimum absolute atomic E-state index is 0.00745. The highest BCUT2D eigenvalue weighted by atomic mass is 32.1. The fourth-order valence-electron chi connectivity index (χ4n) is 4.03. The third kappa shape index (κ3) is 4.87.